The van der Waals surface area contributed by atoms with Crippen LogP contribution in [0.1, 0.15) is 39.5 Å². The Morgan fingerprint density at radius 1 is 1.12 bits per heavy atom. The Kier molecular flexibility index (Phi) is 7.76. The summed E-state index contributed by atoms with van der Waals surface area (Å²) < 4.78 is 40.6. The number of alkyl halides is 3. The minimum absolute atomic E-state index is 0.120. The van der Waals surface area contributed by atoms with Gasteiger partial charge in [-0.2, -0.15) is 13.2 Å². The summed E-state index contributed by atoms with van der Waals surface area (Å²) in [5.74, 6) is 0. The summed E-state index contributed by atoms with van der Waals surface area (Å²) in [5, 5.41) is 3.25. The first-order chi connectivity index (χ1) is 7.35. The van der Waals surface area contributed by atoms with E-state index >= 15 is 0 Å². The van der Waals surface area contributed by atoms with E-state index in [1.165, 1.54) is 0 Å². The van der Waals surface area contributed by atoms with Crippen LogP contribution in [0.3, 0.4) is 0 Å². The molecule has 0 aromatic heterocycles. The highest BCUT2D eigenvalue weighted by atomic mass is 19.4. The van der Waals surface area contributed by atoms with Gasteiger partial charge in [-0.3, -0.25) is 0 Å². The minimum atomic E-state index is -4.03. The highest BCUT2D eigenvalue weighted by Gasteiger charge is 2.26. The van der Waals surface area contributed by atoms with Gasteiger partial charge in [-0.05, 0) is 33.1 Å². The molecule has 0 bridgehead atoms. The molecule has 0 heterocycles. The molecule has 0 aliphatic heterocycles. The van der Waals surface area contributed by atoms with Crippen molar-refractivity contribution < 1.29 is 17.9 Å². The average Bonchev–Trinajstić information content (AvgIpc) is 2.12. The van der Waals surface area contributed by atoms with Crippen LogP contribution in [-0.4, -0.2) is 32.0 Å². The van der Waals surface area contributed by atoms with E-state index < -0.39 is 12.6 Å². The predicted molar refractivity (Wildman–Crippen MR) is 58.5 cm³/mol. The smallest absolute Gasteiger partial charge is 0.385 e. The molecule has 2 atom stereocenters. The third-order valence-corrected chi connectivity index (χ3v) is 2.42. The molecule has 2 nitrogen and oxygen atoms in total. The second-order valence-electron chi connectivity index (χ2n) is 4.26. The van der Waals surface area contributed by atoms with Crippen molar-refractivity contribution in [3.05, 3.63) is 0 Å². The summed E-state index contributed by atoms with van der Waals surface area (Å²) in [7, 11) is 1.64. The van der Waals surface area contributed by atoms with E-state index in [0.29, 0.717) is 13.0 Å². The molecule has 0 aromatic rings. The number of rotatable bonds is 8. The number of hydrogen-bond donors (Lipinski definition) is 1. The van der Waals surface area contributed by atoms with Crippen LogP contribution in [-0.2, 0) is 4.74 Å². The Hall–Kier alpha value is -0.290. The molecule has 0 aliphatic carbocycles. The zero-order chi connectivity index (χ0) is 12.6. The lowest BCUT2D eigenvalue weighted by atomic mass is 10.1. The number of nitrogens with one attached hydrogen (secondary N) is 1. The van der Waals surface area contributed by atoms with Gasteiger partial charge in [0.1, 0.15) is 0 Å². The van der Waals surface area contributed by atoms with Crippen LogP contribution in [0.4, 0.5) is 13.2 Å². The fourth-order valence-corrected chi connectivity index (χ4v) is 1.56. The van der Waals surface area contributed by atoms with Crippen LogP contribution in [0.5, 0.6) is 0 Å². The number of hydrogen-bond acceptors (Lipinski definition) is 2. The van der Waals surface area contributed by atoms with Gasteiger partial charge in [0.05, 0.1) is 0 Å². The van der Waals surface area contributed by atoms with Crippen LogP contribution in [0.25, 0.3) is 0 Å². The molecule has 16 heavy (non-hydrogen) atoms. The summed E-state index contributed by atoms with van der Waals surface area (Å²) >= 11 is 0. The van der Waals surface area contributed by atoms with Crippen molar-refractivity contribution in [3.63, 3.8) is 0 Å². The molecule has 0 saturated carbocycles. The molecule has 0 saturated heterocycles. The summed E-state index contributed by atoms with van der Waals surface area (Å²) in [4.78, 5) is 0. The lowest BCUT2D eigenvalue weighted by Gasteiger charge is -2.20. The van der Waals surface area contributed by atoms with E-state index in [-0.39, 0.29) is 18.5 Å². The maximum atomic E-state index is 11.9. The Bertz CT molecular complexity index is 173. The second-order valence-corrected chi connectivity index (χ2v) is 4.26. The van der Waals surface area contributed by atoms with Crippen molar-refractivity contribution in [2.45, 2.75) is 57.8 Å². The van der Waals surface area contributed by atoms with Crippen molar-refractivity contribution in [1.82, 2.24) is 5.32 Å². The summed E-state index contributed by atoms with van der Waals surface area (Å²) in [6.45, 7) is 4.60. The highest BCUT2D eigenvalue weighted by Crippen LogP contribution is 2.22. The Morgan fingerprint density at radius 3 is 2.19 bits per heavy atom. The molecule has 5 heteroatoms. The number of ether oxygens (including phenoxy) is 1. The van der Waals surface area contributed by atoms with Gasteiger partial charge in [0, 0.05) is 32.2 Å². The first kappa shape index (κ1) is 15.7. The van der Waals surface area contributed by atoms with E-state index in [1.54, 1.807) is 7.11 Å². The molecule has 0 rings (SSSR count). The van der Waals surface area contributed by atoms with Gasteiger partial charge < -0.3 is 10.1 Å². The Balaban J connectivity index is 3.54. The minimum Gasteiger partial charge on any atom is -0.385 e. The molecule has 0 amide bonds. The Labute approximate surface area is 95.5 Å². The van der Waals surface area contributed by atoms with Gasteiger partial charge in [-0.15, -0.1) is 0 Å². The Morgan fingerprint density at radius 2 is 1.69 bits per heavy atom. The molecule has 0 spiro atoms. The first-order valence-electron chi connectivity index (χ1n) is 5.67. The molecule has 0 radical (unpaired) electrons. The SMILES string of the molecule is COCCC(C)NC(C)CCCC(F)(F)F. The first-order valence-corrected chi connectivity index (χ1v) is 5.67. The second kappa shape index (κ2) is 7.90. The molecule has 0 aliphatic rings. The summed E-state index contributed by atoms with van der Waals surface area (Å²) in [6, 6.07) is 0.398. The monoisotopic (exact) mass is 241 g/mol. The number of halogens is 3. The highest BCUT2D eigenvalue weighted by molar-refractivity contribution is 4.68. The third-order valence-electron chi connectivity index (χ3n) is 2.42. The van der Waals surface area contributed by atoms with E-state index in [9.17, 15) is 13.2 Å². The van der Waals surface area contributed by atoms with Gasteiger partial charge in [0.2, 0.25) is 0 Å². The lowest BCUT2D eigenvalue weighted by molar-refractivity contribution is -0.135. The lowest BCUT2D eigenvalue weighted by Crippen LogP contribution is -2.35. The van der Waals surface area contributed by atoms with Gasteiger partial charge in [0.25, 0.3) is 0 Å². The van der Waals surface area contributed by atoms with Crippen LogP contribution in [0.15, 0.2) is 0 Å². The van der Waals surface area contributed by atoms with Crippen LogP contribution in [0.2, 0.25) is 0 Å². The van der Waals surface area contributed by atoms with Gasteiger partial charge in [-0.25, -0.2) is 0 Å². The fraction of sp³-hybridized carbons (Fsp3) is 1.00. The fourth-order valence-electron chi connectivity index (χ4n) is 1.56. The molecule has 2 unspecified atom stereocenters. The van der Waals surface area contributed by atoms with E-state index in [1.807, 2.05) is 13.8 Å². The van der Waals surface area contributed by atoms with Crippen LogP contribution in [0, 0.1) is 0 Å². The third kappa shape index (κ3) is 10.2. The molecular weight excluding hydrogens is 219 g/mol. The standard InChI is InChI=1S/C11H22F3NO/c1-9(5-4-7-11(12,13)14)15-10(2)6-8-16-3/h9-10,15H,4-8H2,1-3H3. The zero-order valence-corrected chi connectivity index (χ0v) is 10.2. The van der Waals surface area contributed by atoms with Crippen molar-refractivity contribution in [3.8, 4) is 0 Å². The molecule has 0 fully saturated rings. The van der Waals surface area contributed by atoms with Crippen LogP contribution >= 0.6 is 0 Å². The maximum absolute atomic E-state index is 11.9. The van der Waals surface area contributed by atoms with Gasteiger partial charge in [-0.1, -0.05) is 0 Å². The van der Waals surface area contributed by atoms with Gasteiger partial charge >= 0.3 is 6.18 Å². The summed E-state index contributed by atoms with van der Waals surface area (Å²) in [6.07, 6.45) is -3.10. The molecule has 1 N–H and O–H groups in total. The largest absolute Gasteiger partial charge is 0.389 e. The van der Waals surface area contributed by atoms with Crippen LogP contribution < -0.4 is 5.32 Å². The van der Waals surface area contributed by atoms with Crippen molar-refractivity contribution >= 4 is 0 Å². The molecule has 0 aromatic carbocycles. The topological polar surface area (TPSA) is 21.3 Å². The van der Waals surface area contributed by atoms with Crippen molar-refractivity contribution in [1.29, 1.82) is 0 Å². The van der Waals surface area contributed by atoms with E-state index in [4.69, 9.17) is 4.74 Å². The summed E-state index contributed by atoms with van der Waals surface area (Å²) in [5.41, 5.74) is 0. The number of methoxy groups -OCH3 is 1. The average molecular weight is 241 g/mol. The normalized spacial score (nSPS) is 16.1. The predicted octanol–water partition coefficient (Wildman–Crippen LogP) is 3.12. The molecule has 98 valence electrons. The quantitative estimate of drug-likeness (QED) is 0.705. The molecular formula is C11H22F3NO. The van der Waals surface area contributed by atoms with Gasteiger partial charge in [0.15, 0.2) is 0 Å². The maximum Gasteiger partial charge on any atom is 0.389 e. The van der Waals surface area contributed by atoms with Crippen molar-refractivity contribution in [2.24, 2.45) is 0 Å². The van der Waals surface area contributed by atoms with Crippen molar-refractivity contribution in [2.75, 3.05) is 13.7 Å². The zero-order valence-electron chi connectivity index (χ0n) is 10.2. The van der Waals surface area contributed by atoms with E-state index in [0.717, 1.165) is 6.42 Å². The van der Waals surface area contributed by atoms with E-state index in [2.05, 4.69) is 5.32 Å².